The molecule has 1 fully saturated rings. The highest BCUT2D eigenvalue weighted by atomic mass is 35.5. The van der Waals surface area contributed by atoms with E-state index < -0.39 is 11.0 Å². The quantitative estimate of drug-likeness (QED) is 0.427. The van der Waals surface area contributed by atoms with Crippen molar-refractivity contribution in [1.82, 2.24) is 29.9 Å². The average molecular weight is 479 g/mol. The van der Waals surface area contributed by atoms with Crippen molar-refractivity contribution in [3.8, 4) is 5.75 Å². The molecule has 9 nitrogen and oxygen atoms in total. The van der Waals surface area contributed by atoms with Gasteiger partial charge in [0.05, 0.1) is 22.4 Å². The normalized spacial score (nSPS) is 21.3. The molecule has 0 aromatic carbocycles. The van der Waals surface area contributed by atoms with Gasteiger partial charge >= 0.3 is 0 Å². The molecule has 1 atom stereocenters. The Morgan fingerprint density at radius 3 is 2.79 bits per heavy atom. The van der Waals surface area contributed by atoms with Gasteiger partial charge in [-0.1, -0.05) is 23.4 Å². The summed E-state index contributed by atoms with van der Waals surface area (Å²) >= 11 is 7.65. The number of H-pyrrole nitrogens is 1. The number of rotatable bonds is 3. The van der Waals surface area contributed by atoms with E-state index in [2.05, 4.69) is 29.8 Å². The first-order valence-corrected chi connectivity index (χ1v) is 11.8. The van der Waals surface area contributed by atoms with Crippen LogP contribution in [0.25, 0.3) is 11.3 Å². The SMILES string of the molecule is BC1(N)c2ncccc2OC12CCN(c1nc3nc(Sc4ccncc4Cl)cnc3[nH]1)CC2. The maximum atomic E-state index is 6.77. The second-order valence-corrected chi connectivity index (χ2v) is 9.95. The second-order valence-electron chi connectivity index (χ2n) is 8.48. The third-order valence-corrected chi connectivity index (χ3v) is 7.90. The van der Waals surface area contributed by atoms with Gasteiger partial charge in [0.25, 0.3) is 0 Å². The van der Waals surface area contributed by atoms with Gasteiger partial charge in [-0.05, 0) is 18.2 Å². The minimum Gasteiger partial charge on any atom is -0.484 e. The van der Waals surface area contributed by atoms with Crippen LogP contribution in [0.2, 0.25) is 5.02 Å². The van der Waals surface area contributed by atoms with Gasteiger partial charge in [0.2, 0.25) is 5.95 Å². The molecule has 3 N–H and O–H groups in total. The molecule has 0 saturated carbocycles. The molecule has 4 aromatic heterocycles. The summed E-state index contributed by atoms with van der Waals surface area (Å²) in [6.45, 7) is 1.49. The van der Waals surface area contributed by atoms with E-state index in [-0.39, 0.29) is 0 Å². The van der Waals surface area contributed by atoms with E-state index >= 15 is 0 Å². The summed E-state index contributed by atoms with van der Waals surface area (Å²) in [5.41, 5.74) is 7.69. The molecule has 0 radical (unpaired) electrons. The van der Waals surface area contributed by atoms with Crippen LogP contribution in [0.4, 0.5) is 5.95 Å². The van der Waals surface area contributed by atoms with Gasteiger partial charge < -0.3 is 20.4 Å². The number of pyridine rings is 2. The Balaban J connectivity index is 1.21. The van der Waals surface area contributed by atoms with Crippen LogP contribution in [0, 0.1) is 0 Å². The fourth-order valence-electron chi connectivity index (χ4n) is 4.62. The molecule has 1 spiro atoms. The van der Waals surface area contributed by atoms with Crippen molar-refractivity contribution in [2.45, 2.75) is 33.8 Å². The highest BCUT2D eigenvalue weighted by Crippen LogP contribution is 2.48. The minimum absolute atomic E-state index is 0.476. The molecule has 6 rings (SSSR count). The summed E-state index contributed by atoms with van der Waals surface area (Å²) in [6.07, 6.45) is 8.32. The molecule has 33 heavy (non-hydrogen) atoms. The predicted octanol–water partition coefficient (Wildman–Crippen LogP) is 2.12. The Hall–Kier alpha value is -2.89. The lowest BCUT2D eigenvalue weighted by atomic mass is 9.61. The van der Waals surface area contributed by atoms with E-state index in [1.165, 1.54) is 11.8 Å². The number of nitrogens with two attached hydrogens (primary N) is 1. The number of ether oxygens (including phenoxy) is 1. The van der Waals surface area contributed by atoms with Gasteiger partial charge in [-0.3, -0.25) is 9.97 Å². The highest BCUT2D eigenvalue weighted by Gasteiger charge is 2.57. The number of hydrogen-bond acceptors (Lipinski definition) is 9. The first-order chi connectivity index (χ1) is 16.0. The molecule has 166 valence electrons. The van der Waals surface area contributed by atoms with Crippen molar-refractivity contribution in [1.29, 1.82) is 0 Å². The van der Waals surface area contributed by atoms with Crippen LogP contribution in [-0.2, 0) is 5.44 Å². The maximum Gasteiger partial charge on any atom is 0.206 e. The van der Waals surface area contributed by atoms with Crippen LogP contribution in [0.3, 0.4) is 0 Å². The smallest absolute Gasteiger partial charge is 0.206 e. The van der Waals surface area contributed by atoms with Gasteiger partial charge in [-0.15, -0.1) is 0 Å². The van der Waals surface area contributed by atoms with Crippen molar-refractivity contribution in [2.75, 3.05) is 18.0 Å². The Kier molecular flexibility index (Phi) is 4.75. The third kappa shape index (κ3) is 3.34. The molecule has 1 saturated heterocycles. The number of anilines is 1. The molecule has 12 heteroatoms. The fourth-order valence-corrected chi connectivity index (χ4v) is 5.59. The van der Waals surface area contributed by atoms with Gasteiger partial charge in [0, 0.05) is 49.4 Å². The maximum absolute atomic E-state index is 6.77. The molecule has 2 aliphatic heterocycles. The molecule has 6 heterocycles. The lowest BCUT2D eigenvalue weighted by Gasteiger charge is -2.45. The van der Waals surface area contributed by atoms with Gasteiger partial charge in [-0.2, -0.15) is 4.98 Å². The van der Waals surface area contributed by atoms with E-state index in [4.69, 9.17) is 27.1 Å². The summed E-state index contributed by atoms with van der Waals surface area (Å²) in [5, 5.41) is 1.29. The Morgan fingerprint density at radius 2 is 2.00 bits per heavy atom. The Morgan fingerprint density at radius 1 is 1.15 bits per heavy atom. The van der Waals surface area contributed by atoms with Crippen LogP contribution in [-0.4, -0.2) is 56.4 Å². The number of aromatic nitrogens is 6. The van der Waals surface area contributed by atoms with Crippen LogP contribution in [0.5, 0.6) is 5.75 Å². The zero-order valence-electron chi connectivity index (χ0n) is 17.8. The van der Waals surface area contributed by atoms with Crippen molar-refractivity contribution < 1.29 is 4.74 Å². The van der Waals surface area contributed by atoms with E-state index in [1.54, 1.807) is 24.8 Å². The number of nitrogens with one attached hydrogen (secondary N) is 1. The molecule has 2 aliphatic rings. The minimum atomic E-state index is -0.646. The Labute approximate surface area is 200 Å². The molecule has 0 aliphatic carbocycles. The van der Waals surface area contributed by atoms with Crippen LogP contribution < -0.4 is 15.4 Å². The molecule has 4 aromatic rings. The van der Waals surface area contributed by atoms with Gasteiger partial charge in [0.1, 0.15) is 24.2 Å². The van der Waals surface area contributed by atoms with Crippen LogP contribution in [0.15, 0.2) is 52.9 Å². The lowest BCUT2D eigenvalue weighted by molar-refractivity contribution is 0.0270. The number of aromatic amines is 1. The zero-order chi connectivity index (χ0) is 22.6. The van der Waals surface area contributed by atoms with Gasteiger partial charge in [0.15, 0.2) is 11.3 Å². The number of hydrogen-bond donors (Lipinski definition) is 2. The topological polar surface area (TPSA) is 119 Å². The summed E-state index contributed by atoms with van der Waals surface area (Å²) in [6, 6.07) is 5.68. The van der Waals surface area contributed by atoms with Crippen LogP contribution in [0.1, 0.15) is 18.5 Å². The monoisotopic (exact) mass is 478 g/mol. The van der Waals surface area contributed by atoms with E-state index in [0.29, 0.717) is 16.3 Å². The molecular weight excluding hydrogens is 459 g/mol. The molecule has 0 bridgehead atoms. The van der Waals surface area contributed by atoms with Crippen molar-refractivity contribution in [3.63, 3.8) is 0 Å². The number of piperidine rings is 1. The van der Waals surface area contributed by atoms with Crippen molar-refractivity contribution in [3.05, 3.63) is 53.7 Å². The summed E-state index contributed by atoms with van der Waals surface area (Å²) in [4.78, 5) is 28.7. The summed E-state index contributed by atoms with van der Waals surface area (Å²) in [7, 11) is 2.02. The van der Waals surface area contributed by atoms with E-state index in [9.17, 15) is 0 Å². The first kappa shape index (κ1) is 20.7. The largest absolute Gasteiger partial charge is 0.484 e. The first-order valence-electron chi connectivity index (χ1n) is 10.6. The summed E-state index contributed by atoms with van der Waals surface area (Å²) in [5.74, 6) is 1.53. The molecular formula is C21H20BClN8OS. The van der Waals surface area contributed by atoms with E-state index in [1.807, 2.05) is 26.0 Å². The van der Waals surface area contributed by atoms with E-state index in [0.717, 1.165) is 53.2 Å². The average Bonchev–Trinajstić information content (AvgIpc) is 3.33. The Bertz CT molecular complexity index is 1360. The third-order valence-electron chi connectivity index (χ3n) is 6.51. The second kappa shape index (κ2) is 7.58. The number of fused-ring (bicyclic) bond motifs is 2. The lowest BCUT2D eigenvalue weighted by Crippen LogP contribution is -2.62. The van der Waals surface area contributed by atoms with Crippen LogP contribution >= 0.6 is 23.4 Å². The summed E-state index contributed by atoms with van der Waals surface area (Å²) < 4.78 is 6.39. The molecule has 0 amide bonds. The highest BCUT2D eigenvalue weighted by molar-refractivity contribution is 7.99. The van der Waals surface area contributed by atoms with Crippen molar-refractivity contribution in [2.24, 2.45) is 5.73 Å². The van der Waals surface area contributed by atoms with Crippen molar-refractivity contribution >= 4 is 48.5 Å². The zero-order valence-corrected chi connectivity index (χ0v) is 19.4. The fraction of sp³-hybridized carbons (Fsp3) is 0.286. The standard InChI is InChI=1S/C21H20BClN8OS/c22-21(24)16-13(2-1-6-26-16)32-20(21)4-8-31(9-5-20)19-29-17-18(30-19)28-15(11-27-17)33-14-3-7-25-10-12(14)23/h1-3,6-7,10-11H,4-5,8-9,22,24H2,(H,27,28,29,30). The number of imidazole rings is 1. The van der Waals surface area contributed by atoms with Gasteiger partial charge in [-0.25, -0.2) is 9.97 Å². The number of halogens is 1. The molecule has 1 unspecified atom stereocenters. The number of nitrogens with zero attached hydrogens (tertiary/aromatic N) is 6. The predicted molar refractivity (Wildman–Crippen MR) is 129 cm³/mol.